The molecule has 2 N–H and O–H groups in total. The molecule has 0 unspecified atom stereocenters. The predicted octanol–water partition coefficient (Wildman–Crippen LogP) is 2.59. The van der Waals surface area contributed by atoms with Crippen LogP contribution in [0.15, 0.2) is 42.5 Å². The van der Waals surface area contributed by atoms with E-state index in [4.69, 9.17) is 4.74 Å². The van der Waals surface area contributed by atoms with Crippen LogP contribution in [0.1, 0.15) is 23.2 Å². The highest BCUT2D eigenvalue weighted by molar-refractivity contribution is 5.96. The maximum atomic E-state index is 13.1. The molecule has 1 radical (unpaired) electrons. The fourth-order valence-corrected chi connectivity index (χ4v) is 1.96. The van der Waals surface area contributed by atoms with E-state index in [1.54, 1.807) is 24.3 Å². The number of hydrogen-bond acceptors (Lipinski definition) is 3. The number of nitrogens with one attached hydrogen (secondary N) is 2. The smallest absolute Gasteiger partial charge is 0.269 e. The van der Waals surface area contributed by atoms with Gasteiger partial charge in [0.1, 0.15) is 17.3 Å². The highest BCUT2D eigenvalue weighted by Crippen LogP contribution is 2.28. The molecule has 0 saturated heterocycles. The van der Waals surface area contributed by atoms with Gasteiger partial charge in [-0.3, -0.25) is 20.4 Å². The molecule has 117 valence electrons. The average Bonchev–Trinajstić information content (AvgIpc) is 3.37. The number of hydrazine groups is 1. The third kappa shape index (κ3) is 4.06. The summed E-state index contributed by atoms with van der Waals surface area (Å²) in [7, 11) is 0. The number of benzene rings is 2. The fourth-order valence-electron chi connectivity index (χ4n) is 1.96. The Kier molecular flexibility index (Phi) is 4.23. The van der Waals surface area contributed by atoms with Crippen molar-refractivity contribution in [3.63, 3.8) is 0 Å². The third-order valence-electron chi connectivity index (χ3n) is 3.32. The molecule has 2 amide bonds. The van der Waals surface area contributed by atoms with Gasteiger partial charge in [-0.25, -0.2) is 4.39 Å². The molecule has 1 fully saturated rings. The predicted molar refractivity (Wildman–Crippen MR) is 80.1 cm³/mol. The lowest BCUT2D eigenvalue weighted by Crippen LogP contribution is -2.42. The van der Waals surface area contributed by atoms with Gasteiger partial charge in [-0.05, 0) is 43.2 Å². The molecule has 0 aliphatic heterocycles. The van der Waals surface area contributed by atoms with Crippen molar-refractivity contribution < 1.29 is 18.7 Å². The van der Waals surface area contributed by atoms with Gasteiger partial charge in [-0.2, -0.15) is 0 Å². The van der Waals surface area contributed by atoms with Crippen molar-refractivity contribution in [1.82, 2.24) is 10.9 Å². The first-order valence-electron chi connectivity index (χ1n) is 7.17. The molecule has 0 spiro atoms. The van der Waals surface area contributed by atoms with E-state index in [9.17, 15) is 14.0 Å². The van der Waals surface area contributed by atoms with Crippen LogP contribution in [0, 0.1) is 17.8 Å². The molecular formula is C17H14FN2O3. The van der Waals surface area contributed by atoms with Gasteiger partial charge in [-0.15, -0.1) is 0 Å². The molecule has 0 heterocycles. The number of carbonyl (C=O) groups is 2. The summed E-state index contributed by atoms with van der Waals surface area (Å²) in [6.45, 7) is 0. The quantitative estimate of drug-likeness (QED) is 0.853. The number of carbonyl (C=O) groups excluding carboxylic acids is 2. The van der Waals surface area contributed by atoms with Gasteiger partial charge in [0, 0.05) is 23.6 Å². The van der Waals surface area contributed by atoms with Gasteiger partial charge in [-0.1, -0.05) is 6.07 Å². The Morgan fingerprint density at radius 1 is 1.13 bits per heavy atom. The van der Waals surface area contributed by atoms with Crippen molar-refractivity contribution in [2.75, 3.05) is 0 Å². The van der Waals surface area contributed by atoms with Crippen molar-refractivity contribution in [2.45, 2.75) is 12.8 Å². The van der Waals surface area contributed by atoms with Crippen LogP contribution < -0.4 is 15.6 Å². The zero-order chi connectivity index (χ0) is 16.2. The monoisotopic (exact) mass is 313 g/mol. The highest BCUT2D eigenvalue weighted by atomic mass is 19.1. The summed E-state index contributed by atoms with van der Waals surface area (Å²) in [6, 6.07) is 12.9. The largest absolute Gasteiger partial charge is 0.457 e. The summed E-state index contributed by atoms with van der Waals surface area (Å²) < 4.78 is 18.6. The lowest BCUT2D eigenvalue weighted by atomic mass is 10.2. The standard InChI is InChI=1S/C17H14FN2O3/c18-13-4-2-6-15(10-13)23-14-5-1-3-12(9-14)17(22)20-19-16(21)11-7-8-11/h1-3,5-6,9-11H,7-8H2,(H,19,21)(H,20,22). The summed E-state index contributed by atoms with van der Waals surface area (Å²) in [5, 5.41) is 0. The second kappa shape index (κ2) is 6.48. The topological polar surface area (TPSA) is 67.4 Å². The molecule has 5 nitrogen and oxygen atoms in total. The summed E-state index contributed by atoms with van der Waals surface area (Å²) >= 11 is 0. The molecule has 3 rings (SSSR count). The van der Waals surface area contributed by atoms with Crippen LogP contribution in [-0.2, 0) is 4.79 Å². The SMILES string of the molecule is O=C(NNC(=O)C1CC1)c1cccc(Oc2cc[c]c(F)c2)c1. The lowest BCUT2D eigenvalue weighted by Gasteiger charge is -2.09. The molecule has 0 atom stereocenters. The van der Waals surface area contributed by atoms with Gasteiger partial charge in [0.2, 0.25) is 5.91 Å². The molecule has 1 saturated carbocycles. The Morgan fingerprint density at radius 2 is 1.91 bits per heavy atom. The second-order valence-electron chi connectivity index (χ2n) is 5.22. The molecule has 2 aromatic carbocycles. The van der Waals surface area contributed by atoms with Crippen molar-refractivity contribution in [3.8, 4) is 11.5 Å². The van der Waals surface area contributed by atoms with Crippen molar-refractivity contribution >= 4 is 11.8 Å². The van der Waals surface area contributed by atoms with Gasteiger partial charge < -0.3 is 4.74 Å². The minimum atomic E-state index is -0.529. The van der Waals surface area contributed by atoms with Crippen molar-refractivity contribution in [2.24, 2.45) is 5.92 Å². The van der Waals surface area contributed by atoms with E-state index < -0.39 is 11.7 Å². The first-order valence-corrected chi connectivity index (χ1v) is 7.17. The number of amides is 2. The normalized spacial score (nSPS) is 13.3. The van der Waals surface area contributed by atoms with Crippen LogP contribution in [-0.4, -0.2) is 11.8 Å². The Morgan fingerprint density at radius 3 is 2.65 bits per heavy atom. The van der Waals surface area contributed by atoms with E-state index in [2.05, 4.69) is 16.9 Å². The Balaban J connectivity index is 1.64. The Hall–Kier alpha value is -2.89. The van der Waals surface area contributed by atoms with E-state index in [1.165, 1.54) is 18.2 Å². The summed E-state index contributed by atoms with van der Waals surface area (Å²) in [5.74, 6) is -0.453. The fraction of sp³-hybridized carbons (Fsp3) is 0.176. The maximum Gasteiger partial charge on any atom is 0.269 e. The maximum absolute atomic E-state index is 13.1. The molecule has 1 aliphatic carbocycles. The number of rotatable bonds is 4. The van der Waals surface area contributed by atoms with Crippen molar-refractivity contribution in [1.29, 1.82) is 0 Å². The van der Waals surface area contributed by atoms with Crippen LogP contribution in [0.5, 0.6) is 11.5 Å². The number of hydrogen-bond donors (Lipinski definition) is 2. The van der Waals surface area contributed by atoms with Crippen LogP contribution in [0.2, 0.25) is 0 Å². The van der Waals surface area contributed by atoms with E-state index in [0.29, 0.717) is 17.1 Å². The van der Waals surface area contributed by atoms with E-state index in [0.717, 1.165) is 12.8 Å². The third-order valence-corrected chi connectivity index (χ3v) is 3.32. The number of ether oxygens (including phenoxy) is 1. The van der Waals surface area contributed by atoms with E-state index in [1.807, 2.05) is 0 Å². The lowest BCUT2D eigenvalue weighted by molar-refractivity contribution is -0.123. The van der Waals surface area contributed by atoms with Crippen LogP contribution >= 0.6 is 0 Å². The van der Waals surface area contributed by atoms with Gasteiger partial charge >= 0.3 is 0 Å². The molecule has 2 aromatic rings. The summed E-state index contributed by atoms with van der Waals surface area (Å²) in [6.07, 6.45) is 1.71. The Bertz CT molecular complexity index is 744. The molecular weight excluding hydrogens is 299 g/mol. The van der Waals surface area contributed by atoms with Gasteiger partial charge in [0.25, 0.3) is 5.91 Å². The minimum Gasteiger partial charge on any atom is -0.457 e. The molecule has 0 aromatic heterocycles. The minimum absolute atomic E-state index is 0.00903. The molecule has 1 aliphatic rings. The average molecular weight is 313 g/mol. The first-order chi connectivity index (χ1) is 11.1. The first kappa shape index (κ1) is 15.0. The van der Waals surface area contributed by atoms with Gasteiger partial charge in [0.15, 0.2) is 0 Å². The molecule has 6 heteroatoms. The van der Waals surface area contributed by atoms with Crippen molar-refractivity contribution in [3.05, 3.63) is 59.9 Å². The number of halogens is 1. The summed E-state index contributed by atoms with van der Waals surface area (Å²) in [4.78, 5) is 23.5. The van der Waals surface area contributed by atoms with E-state index >= 15 is 0 Å². The molecule has 0 bridgehead atoms. The van der Waals surface area contributed by atoms with Crippen LogP contribution in [0.3, 0.4) is 0 Å². The zero-order valence-electron chi connectivity index (χ0n) is 12.1. The zero-order valence-corrected chi connectivity index (χ0v) is 12.1. The van der Waals surface area contributed by atoms with E-state index in [-0.39, 0.29) is 11.8 Å². The summed E-state index contributed by atoms with van der Waals surface area (Å²) in [5.41, 5.74) is 5.07. The molecule has 23 heavy (non-hydrogen) atoms. The Labute approximate surface area is 132 Å². The van der Waals surface area contributed by atoms with Crippen LogP contribution in [0.25, 0.3) is 0 Å². The highest BCUT2D eigenvalue weighted by Gasteiger charge is 2.29. The van der Waals surface area contributed by atoms with Gasteiger partial charge in [0.05, 0.1) is 0 Å². The van der Waals surface area contributed by atoms with Crippen LogP contribution in [0.4, 0.5) is 4.39 Å². The second-order valence-corrected chi connectivity index (χ2v) is 5.22.